The standard InChI is InChI=1S/C14H19N5O4/c1-2-3-11(21)22-5-9-8(20)4-10(23-9)19-7-18-12-13(15)16-6-17-14(12)19/h6-10,20H,2-5H2,1H3,(H2,15,16,17)/t8-,9+,10+/m0/s1. The molecule has 0 bridgehead atoms. The Hall–Kier alpha value is -2.26. The Morgan fingerprint density at radius 2 is 2.35 bits per heavy atom. The maximum atomic E-state index is 11.4. The minimum atomic E-state index is -0.730. The average Bonchev–Trinajstić information content (AvgIpc) is 3.10. The van der Waals surface area contributed by atoms with Gasteiger partial charge in [-0.2, -0.15) is 0 Å². The van der Waals surface area contributed by atoms with E-state index in [1.54, 1.807) is 10.9 Å². The second-order valence-corrected chi connectivity index (χ2v) is 5.45. The van der Waals surface area contributed by atoms with E-state index in [1.807, 2.05) is 6.92 Å². The van der Waals surface area contributed by atoms with E-state index in [4.69, 9.17) is 15.2 Å². The van der Waals surface area contributed by atoms with Crippen molar-refractivity contribution in [3.05, 3.63) is 12.7 Å². The molecule has 124 valence electrons. The smallest absolute Gasteiger partial charge is 0.305 e. The summed E-state index contributed by atoms with van der Waals surface area (Å²) in [6.07, 6.45) is 2.59. The number of carbonyl (C=O) groups excluding carboxylic acids is 1. The lowest BCUT2D eigenvalue weighted by molar-refractivity contribution is -0.150. The fourth-order valence-electron chi connectivity index (χ4n) is 2.57. The number of nitrogen functional groups attached to an aromatic ring is 1. The van der Waals surface area contributed by atoms with Gasteiger partial charge >= 0.3 is 5.97 Å². The molecule has 2 aromatic rings. The van der Waals surface area contributed by atoms with E-state index < -0.39 is 18.4 Å². The summed E-state index contributed by atoms with van der Waals surface area (Å²) in [7, 11) is 0. The third kappa shape index (κ3) is 3.10. The van der Waals surface area contributed by atoms with Crippen LogP contribution in [0.3, 0.4) is 0 Å². The highest BCUT2D eigenvalue weighted by molar-refractivity contribution is 5.81. The molecule has 0 aromatic carbocycles. The first-order valence-corrected chi connectivity index (χ1v) is 7.52. The first kappa shape index (κ1) is 15.6. The van der Waals surface area contributed by atoms with Crippen LogP contribution in [-0.2, 0) is 14.3 Å². The number of hydrogen-bond donors (Lipinski definition) is 2. The van der Waals surface area contributed by atoms with Crippen LogP contribution in [-0.4, -0.2) is 49.4 Å². The van der Waals surface area contributed by atoms with Gasteiger partial charge in [-0.05, 0) is 6.42 Å². The van der Waals surface area contributed by atoms with Crippen molar-refractivity contribution in [3.8, 4) is 0 Å². The molecule has 0 radical (unpaired) electrons. The largest absolute Gasteiger partial charge is 0.463 e. The van der Waals surface area contributed by atoms with Gasteiger partial charge in [-0.3, -0.25) is 9.36 Å². The maximum absolute atomic E-state index is 11.4. The summed E-state index contributed by atoms with van der Waals surface area (Å²) in [5, 5.41) is 10.1. The van der Waals surface area contributed by atoms with Crippen LogP contribution in [0.15, 0.2) is 12.7 Å². The number of aliphatic hydroxyl groups is 1. The summed E-state index contributed by atoms with van der Waals surface area (Å²) in [5.74, 6) is -0.00214. The van der Waals surface area contributed by atoms with Crippen LogP contribution in [0.25, 0.3) is 11.2 Å². The molecule has 0 amide bonds. The maximum Gasteiger partial charge on any atom is 0.305 e. The Kier molecular flexibility index (Phi) is 4.39. The Labute approximate surface area is 132 Å². The predicted molar refractivity (Wildman–Crippen MR) is 80.1 cm³/mol. The van der Waals surface area contributed by atoms with Crippen molar-refractivity contribution in [2.75, 3.05) is 12.3 Å². The number of fused-ring (bicyclic) bond motifs is 1. The number of hydrogen-bond acceptors (Lipinski definition) is 8. The van der Waals surface area contributed by atoms with Crippen LogP contribution in [0, 0.1) is 0 Å². The van der Waals surface area contributed by atoms with Crippen molar-refractivity contribution in [3.63, 3.8) is 0 Å². The number of esters is 1. The summed E-state index contributed by atoms with van der Waals surface area (Å²) in [6, 6.07) is 0. The fourth-order valence-corrected chi connectivity index (χ4v) is 2.57. The zero-order chi connectivity index (χ0) is 16.4. The Bertz CT molecular complexity index is 704. The van der Waals surface area contributed by atoms with E-state index in [-0.39, 0.29) is 18.4 Å². The Morgan fingerprint density at radius 3 is 3.13 bits per heavy atom. The highest BCUT2D eigenvalue weighted by Gasteiger charge is 2.36. The lowest BCUT2D eigenvalue weighted by Crippen LogP contribution is -2.27. The SMILES string of the molecule is CCCC(=O)OC[C@H]1O[C@@H](n2cnc3c(N)ncnc32)C[C@@H]1O. The van der Waals surface area contributed by atoms with Gasteiger partial charge in [0.2, 0.25) is 0 Å². The lowest BCUT2D eigenvalue weighted by atomic mass is 10.2. The highest BCUT2D eigenvalue weighted by atomic mass is 16.6. The van der Waals surface area contributed by atoms with E-state index in [0.717, 1.165) is 6.42 Å². The molecular formula is C14H19N5O4. The zero-order valence-corrected chi connectivity index (χ0v) is 12.8. The molecule has 9 heteroatoms. The molecule has 1 aliphatic heterocycles. The van der Waals surface area contributed by atoms with Gasteiger partial charge in [-0.1, -0.05) is 6.92 Å². The van der Waals surface area contributed by atoms with E-state index in [9.17, 15) is 9.90 Å². The van der Waals surface area contributed by atoms with Gasteiger partial charge in [0.1, 0.15) is 30.8 Å². The molecule has 3 N–H and O–H groups in total. The molecule has 0 aliphatic carbocycles. The van der Waals surface area contributed by atoms with E-state index >= 15 is 0 Å². The Balaban J connectivity index is 1.70. The fraction of sp³-hybridized carbons (Fsp3) is 0.571. The number of aromatic nitrogens is 4. The number of carbonyl (C=O) groups is 1. The summed E-state index contributed by atoms with van der Waals surface area (Å²) in [4.78, 5) is 23.6. The van der Waals surface area contributed by atoms with Crippen molar-refractivity contribution in [2.24, 2.45) is 0 Å². The van der Waals surface area contributed by atoms with Gasteiger partial charge in [0.15, 0.2) is 11.5 Å². The third-order valence-electron chi connectivity index (χ3n) is 3.76. The molecule has 3 atom stereocenters. The van der Waals surface area contributed by atoms with Gasteiger partial charge in [-0.25, -0.2) is 15.0 Å². The van der Waals surface area contributed by atoms with Gasteiger partial charge < -0.3 is 20.3 Å². The first-order chi connectivity index (χ1) is 11.1. The number of anilines is 1. The van der Waals surface area contributed by atoms with Crippen molar-refractivity contribution >= 4 is 23.0 Å². The number of rotatable bonds is 5. The Morgan fingerprint density at radius 1 is 1.52 bits per heavy atom. The molecule has 0 unspecified atom stereocenters. The van der Waals surface area contributed by atoms with Crippen molar-refractivity contribution in [2.45, 2.75) is 44.6 Å². The number of imidazole rings is 1. The van der Waals surface area contributed by atoms with Gasteiger partial charge in [0.25, 0.3) is 0 Å². The molecule has 2 aromatic heterocycles. The van der Waals surface area contributed by atoms with Crippen molar-refractivity contribution in [1.29, 1.82) is 0 Å². The van der Waals surface area contributed by atoms with Crippen molar-refractivity contribution < 1.29 is 19.4 Å². The van der Waals surface area contributed by atoms with E-state index in [0.29, 0.717) is 24.0 Å². The van der Waals surface area contributed by atoms with Crippen LogP contribution in [0.5, 0.6) is 0 Å². The van der Waals surface area contributed by atoms with Crippen LogP contribution < -0.4 is 5.73 Å². The van der Waals surface area contributed by atoms with E-state index in [2.05, 4.69) is 15.0 Å². The second kappa shape index (κ2) is 6.47. The number of nitrogens with two attached hydrogens (primary N) is 1. The van der Waals surface area contributed by atoms with Crippen LogP contribution >= 0.6 is 0 Å². The number of ether oxygens (including phenoxy) is 2. The molecule has 9 nitrogen and oxygen atoms in total. The molecule has 1 aliphatic rings. The number of aliphatic hydroxyl groups excluding tert-OH is 1. The normalized spacial score (nSPS) is 24.2. The molecule has 1 fully saturated rings. The van der Waals surface area contributed by atoms with Crippen LogP contribution in [0.2, 0.25) is 0 Å². The molecule has 1 saturated heterocycles. The summed E-state index contributed by atoms with van der Waals surface area (Å²) >= 11 is 0. The van der Waals surface area contributed by atoms with Crippen LogP contribution in [0.4, 0.5) is 5.82 Å². The number of nitrogens with zero attached hydrogens (tertiary/aromatic N) is 4. The monoisotopic (exact) mass is 321 g/mol. The predicted octanol–water partition coefficient (Wildman–Crippen LogP) is 0.400. The molecule has 0 saturated carbocycles. The summed E-state index contributed by atoms with van der Waals surface area (Å²) in [5.41, 5.74) is 6.79. The summed E-state index contributed by atoms with van der Waals surface area (Å²) in [6.45, 7) is 1.93. The second-order valence-electron chi connectivity index (χ2n) is 5.45. The topological polar surface area (TPSA) is 125 Å². The highest BCUT2D eigenvalue weighted by Crippen LogP contribution is 2.31. The van der Waals surface area contributed by atoms with Gasteiger partial charge in [0.05, 0.1) is 12.4 Å². The summed E-state index contributed by atoms with van der Waals surface area (Å²) < 4.78 is 12.6. The molecule has 23 heavy (non-hydrogen) atoms. The third-order valence-corrected chi connectivity index (χ3v) is 3.76. The minimum absolute atomic E-state index is 0.0280. The van der Waals surface area contributed by atoms with Crippen LogP contribution in [0.1, 0.15) is 32.4 Å². The van der Waals surface area contributed by atoms with Crippen molar-refractivity contribution in [1.82, 2.24) is 19.5 Å². The average molecular weight is 321 g/mol. The molecule has 3 heterocycles. The van der Waals surface area contributed by atoms with Gasteiger partial charge in [0, 0.05) is 12.8 Å². The van der Waals surface area contributed by atoms with E-state index in [1.165, 1.54) is 6.33 Å². The van der Waals surface area contributed by atoms with Gasteiger partial charge in [-0.15, -0.1) is 0 Å². The quantitative estimate of drug-likeness (QED) is 0.758. The molecule has 3 rings (SSSR count). The lowest BCUT2D eigenvalue weighted by Gasteiger charge is -2.15. The molecule has 0 spiro atoms. The first-order valence-electron chi connectivity index (χ1n) is 7.52. The zero-order valence-electron chi connectivity index (χ0n) is 12.8. The molecular weight excluding hydrogens is 302 g/mol. The minimum Gasteiger partial charge on any atom is -0.463 e.